The number of halogens is 1. The van der Waals surface area contributed by atoms with Gasteiger partial charge in [-0.15, -0.1) is 0 Å². The smallest absolute Gasteiger partial charge is 0.221 e. The number of nitrogens with one attached hydrogen (secondary N) is 1. The molecule has 6 heteroatoms. The van der Waals surface area contributed by atoms with Crippen molar-refractivity contribution in [1.29, 1.82) is 0 Å². The minimum absolute atomic E-state index is 0.0812. The van der Waals surface area contributed by atoms with Crippen molar-refractivity contribution in [2.75, 3.05) is 5.75 Å². The van der Waals surface area contributed by atoms with E-state index in [0.29, 0.717) is 5.02 Å². The van der Waals surface area contributed by atoms with Crippen LogP contribution in [0.4, 0.5) is 0 Å². The molecule has 0 aliphatic rings. The number of carbonyl (C=O) groups excluding carboxylic acids is 1. The fourth-order valence-corrected chi connectivity index (χ4v) is 3.49. The molecule has 0 heterocycles. The lowest BCUT2D eigenvalue weighted by Crippen LogP contribution is -2.28. The topological polar surface area (TPSA) is 63.2 Å². The lowest BCUT2D eigenvalue weighted by molar-refractivity contribution is -0.121. The molecule has 1 atom stereocenters. The maximum Gasteiger partial charge on any atom is 0.221 e. The van der Waals surface area contributed by atoms with E-state index >= 15 is 0 Å². The molecule has 122 valence electrons. The minimum Gasteiger partial charge on any atom is -0.350 e. The molecule has 23 heavy (non-hydrogen) atoms. The Balaban J connectivity index is 1.92. The van der Waals surface area contributed by atoms with E-state index in [0.717, 1.165) is 5.56 Å². The zero-order chi connectivity index (χ0) is 16.9. The van der Waals surface area contributed by atoms with Crippen LogP contribution >= 0.6 is 11.6 Å². The summed E-state index contributed by atoms with van der Waals surface area (Å²) in [5.41, 5.74) is 0.974. The van der Waals surface area contributed by atoms with Crippen molar-refractivity contribution in [2.45, 2.75) is 24.3 Å². The minimum atomic E-state index is -3.49. The fraction of sp³-hybridized carbons (Fsp3) is 0.235. The van der Waals surface area contributed by atoms with Gasteiger partial charge in [0.05, 0.1) is 16.7 Å². The van der Waals surface area contributed by atoms with Crippen molar-refractivity contribution in [3.63, 3.8) is 0 Å². The molecule has 2 aromatic rings. The molecule has 0 fully saturated rings. The lowest BCUT2D eigenvalue weighted by atomic mass is 10.1. The second-order valence-corrected chi connectivity index (χ2v) is 7.77. The normalized spacial score (nSPS) is 12.6. The molecule has 0 bridgehead atoms. The molecule has 4 nitrogen and oxygen atoms in total. The SMILES string of the molecule is C[C@@H](NC(=O)CCS(=O)(=O)c1ccc(Cl)cc1)c1ccccc1. The molecular formula is C17H18ClNO3S. The van der Waals surface area contributed by atoms with Crippen LogP contribution in [-0.2, 0) is 14.6 Å². The lowest BCUT2D eigenvalue weighted by Gasteiger charge is -2.14. The molecular weight excluding hydrogens is 334 g/mol. The van der Waals surface area contributed by atoms with Gasteiger partial charge >= 0.3 is 0 Å². The van der Waals surface area contributed by atoms with E-state index in [1.807, 2.05) is 37.3 Å². The van der Waals surface area contributed by atoms with Gasteiger partial charge in [0.15, 0.2) is 9.84 Å². The predicted octanol–water partition coefficient (Wildman–Crippen LogP) is 3.38. The van der Waals surface area contributed by atoms with Gasteiger partial charge in [0.2, 0.25) is 5.91 Å². The van der Waals surface area contributed by atoms with Crippen molar-refractivity contribution in [1.82, 2.24) is 5.32 Å². The Hall–Kier alpha value is -1.85. The number of amides is 1. The fourth-order valence-electron chi connectivity index (χ4n) is 2.13. The first-order valence-electron chi connectivity index (χ1n) is 7.21. The largest absolute Gasteiger partial charge is 0.350 e. The van der Waals surface area contributed by atoms with Crippen molar-refractivity contribution in [2.24, 2.45) is 0 Å². The molecule has 0 aliphatic carbocycles. The molecule has 0 saturated heterocycles. The van der Waals surface area contributed by atoms with E-state index in [4.69, 9.17) is 11.6 Å². The monoisotopic (exact) mass is 351 g/mol. The highest BCUT2D eigenvalue weighted by Crippen LogP contribution is 2.16. The van der Waals surface area contributed by atoms with Gasteiger partial charge in [-0.3, -0.25) is 4.79 Å². The molecule has 1 N–H and O–H groups in total. The number of hydrogen-bond acceptors (Lipinski definition) is 3. The van der Waals surface area contributed by atoms with Gasteiger partial charge in [0.1, 0.15) is 0 Å². The maximum absolute atomic E-state index is 12.2. The highest BCUT2D eigenvalue weighted by molar-refractivity contribution is 7.91. The number of hydrogen-bond donors (Lipinski definition) is 1. The van der Waals surface area contributed by atoms with Gasteiger partial charge in [0, 0.05) is 11.4 Å². The van der Waals surface area contributed by atoms with E-state index in [-0.39, 0.29) is 29.0 Å². The predicted molar refractivity (Wildman–Crippen MR) is 91.1 cm³/mol. The summed E-state index contributed by atoms with van der Waals surface area (Å²) in [6, 6.07) is 15.3. The van der Waals surface area contributed by atoms with Crippen LogP contribution in [0.1, 0.15) is 24.9 Å². The zero-order valence-electron chi connectivity index (χ0n) is 12.7. The van der Waals surface area contributed by atoms with Crippen LogP contribution in [0.5, 0.6) is 0 Å². The summed E-state index contributed by atoms with van der Waals surface area (Å²) < 4.78 is 24.4. The molecule has 0 aromatic heterocycles. The molecule has 0 spiro atoms. The maximum atomic E-state index is 12.2. The van der Waals surface area contributed by atoms with Crippen LogP contribution in [0.15, 0.2) is 59.5 Å². The Labute approximate surface area is 141 Å². The molecule has 2 rings (SSSR count). The van der Waals surface area contributed by atoms with Crippen LogP contribution in [0.25, 0.3) is 0 Å². The first-order chi connectivity index (χ1) is 10.9. The van der Waals surface area contributed by atoms with Crippen molar-refractivity contribution in [3.05, 3.63) is 65.2 Å². The van der Waals surface area contributed by atoms with Gasteiger partial charge in [-0.05, 0) is 36.8 Å². The first-order valence-corrected chi connectivity index (χ1v) is 9.24. The van der Waals surface area contributed by atoms with Gasteiger partial charge in [-0.1, -0.05) is 41.9 Å². The third-order valence-electron chi connectivity index (χ3n) is 3.45. The third-order valence-corrected chi connectivity index (χ3v) is 5.43. The third kappa shape index (κ3) is 5.08. The van der Waals surface area contributed by atoms with E-state index in [2.05, 4.69) is 5.32 Å². The Morgan fingerprint density at radius 2 is 1.70 bits per heavy atom. The number of carbonyl (C=O) groups is 1. The Morgan fingerprint density at radius 1 is 1.09 bits per heavy atom. The summed E-state index contributed by atoms with van der Waals surface area (Å²) in [7, 11) is -3.49. The molecule has 0 aliphatic heterocycles. The molecule has 0 radical (unpaired) electrons. The summed E-state index contributed by atoms with van der Waals surface area (Å²) >= 11 is 5.75. The summed E-state index contributed by atoms with van der Waals surface area (Å²) in [6.07, 6.45) is -0.0812. The summed E-state index contributed by atoms with van der Waals surface area (Å²) in [5.74, 6) is -0.527. The van der Waals surface area contributed by atoms with Gasteiger partial charge in [-0.2, -0.15) is 0 Å². The van der Waals surface area contributed by atoms with E-state index in [9.17, 15) is 13.2 Å². The zero-order valence-corrected chi connectivity index (χ0v) is 14.3. The summed E-state index contributed by atoms with van der Waals surface area (Å²) in [4.78, 5) is 12.1. The number of rotatable bonds is 6. The summed E-state index contributed by atoms with van der Waals surface area (Å²) in [6.45, 7) is 1.86. The average molecular weight is 352 g/mol. The van der Waals surface area contributed by atoms with Crippen molar-refractivity contribution >= 4 is 27.3 Å². The average Bonchev–Trinajstić information content (AvgIpc) is 2.54. The standard InChI is InChI=1S/C17H18ClNO3S/c1-13(14-5-3-2-4-6-14)19-17(20)11-12-23(21,22)16-9-7-15(18)8-10-16/h2-10,13H,11-12H2,1H3,(H,19,20)/t13-/m1/s1. The van der Waals surface area contributed by atoms with Crippen LogP contribution < -0.4 is 5.32 Å². The van der Waals surface area contributed by atoms with Crippen LogP contribution in [-0.4, -0.2) is 20.1 Å². The van der Waals surface area contributed by atoms with Crippen molar-refractivity contribution < 1.29 is 13.2 Å². The number of benzene rings is 2. The molecule has 0 unspecified atom stereocenters. The second-order valence-electron chi connectivity index (χ2n) is 5.22. The molecule has 0 saturated carbocycles. The van der Waals surface area contributed by atoms with E-state index in [1.165, 1.54) is 24.3 Å². The van der Waals surface area contributed by atoms with E-state index in [1.54, 1.807) is 0 Å². The Bertz CT molecular complexity index is 758. The quantitative estimate of drug-likeness (QED) is 0.867. The Kier molecular flexibility index (Phi) is 5.80. The van der Waals surface area contributed by atoms with Gasteiger partial charge < -0.3 is 5.32 Å². The Morgan fingerprint density at radius 3 is 2.30 bits per heavy atom. The van der Waals surface area contributed by atoms with Gasteiger partial charge in [-0.25, -0.2) is 8.42 Å². The molecule has 1 amide bonds. The van der Waals surface area contributed by atoms with Crippen molar-refractivity contribution in [3.8, 4) is 0 Å². The van der Waals surface area contributed by atoms with Crippen LogP contribution in [0, 0.1) is 0 Å². The van der Waals surface area contributed by atoms with E-state index < -0.39 is 9.84 Å². The molecule has 2 aromatic carbocycles. The highest BCUT2D eigenvalue weighted by atomic mass is 35.5. The summed E-state index contributed by atoms with van der Waals surface area (Å²) in [5, 5.41) is 3.28. The highest BCUT2D eigenvalue weighted by Gasteiger charge is 2.17. The van der Waals surface area contributed by atoms with Crippen LogP contribution in [0.3, 0.4) is 0 Å². The second kappa shape index (κ2) is 7.62. The number of sulfone groups is 1. The first kappa shape index (κ1) is 17.5. The van der Waals surface area contributed by atoms with Gasteiger partial charge in [0.25, 0.3) is 0 Å². The van der Waals surface area contributed by atoms with Crippen LogP contribution in [0.2, 0.25) is 5.02 Å².